The van der Waals surface area contributed by atoms with E-state index in [1.54, 1.807) is 0 Å². The first-order chi connectivity index (χ1) is 16.9. The summed E-state index contributed by atoms with van der Waals surface area (Å²) in [6, 6.07) is 15.2. The molecule has 184 valence electrons. The maximum Gasteiger partial charge on any atom is 0.407 e. The van der Waals surface area contributed by atoms with E-state index in [9.17, 15) is 24.6 Å². The zero-order chi connectivity index (χ0) is 24.5. The normalized spacial score (nSPS) is 25.2. The van der Waals surface area contributed by atoms with Gasteiger partial charge in [-0.25, -0.2) is 9.59 Å². The van der Waals surface area contributed by atoms with Crippen molar-refractivity contribution in [2.24, 2.45) is 5.92 Å². The molecule has 2 aliphatic heterocycles. The number of carboxylic acids is 1. The third-order valence-corrected chi connectivity index (χ3v) is 7.09. The highest BCUT2D eigenvalue weighted by atomic mass is 16.5. The summed E-state index contributed by atoms with van der Waals surface area (Å²) in [5, 5.41) is 21.8. The highest BCUT2D eigenvalue weighted by Crippen LogP contribution is 2.44. The van der Waals surface area contributed by atoms with E-state index in [2.05, 4.69) is 29.6 Å². The minimum atomic E-state index is -1.12. The van der Waals surface area contributed by atoms with E-state index in [1.807, 2.05) is 24.3 Å². The van der Waals surface area contributed by atoms with Crippen molar-refractivity contribution in [3.63, 3.8) is 0 Å². The number of amides is 2. The molecule has 2 amide bonds. The number of aliphatic carboxylic acids is 1. The fourth-order valence-corrected chi connectivity index (χ4v) is 5.39. The molecule has 0 saturated carbocycles. The Labute approximate surface area is 202 Å². The first-order valence-corrected chi connectivity index (χ1v) is 11.8. The Hall–Kier alpha value is -3.43. The molecule has 9 nitrogen and oxygen atoms in total. The number of rotatable bonds is 6. The van der Waals surface area contributed by atoms with Crippen LogP contribution in [0.15, 0.2) is 48.5 Å². The number of aliphatic hydroxyl groups excluding tert-OH is 1. The number of β-amino-alcohol motifs (C(OH)–C–C–N with tert-alkyl or cyclic N) is 1. The highest BCUT2D eigenvalue weighted by Gasteiger charge is 2.43. The molecule has 2 aromatic rings. The Bertz CT molecular complexity index is 1090. The standard InChI is InChI=1S/C26H28N2O7/c29-16-10-23(25(31)32)28(12-16)24(30)15-9-17(34-13-15)11-27-26(33)35-14-22-20-7-3-1-5-18(20)19-6-2-4-8-21(19)22/h1-8,15-17,22-23,29H,9-14H2,(H,27,33)(H,31,32)/t15-,16?,17-,23?/m0/s1. The van der Waals surface area contributed by atoms with Crippen molar-refractivity contribution in [1.29, 1.82) is 0 Å². The molecular weight excluding hydrogens is 452 g/mol. The number of carbonyl (C=O) groups is 3. The van der Waals surface area contributed by atoms with Gasteiger partial charge in [0.25, 0.3) is 0 Å². The number of fused-ring (bicyclic) bond motifs is 3. The number of nitrogens with one attached hydrogen (secondary N) is 1. The van der Waals surface area contributed by atoms with Crippen LogP contribution >= 0.6 is 0 Å². The van der Waals surface area contributed by atoms with Gasteiger partial charge in [0.15, 0.2) is 0 Å². The van der Waals surface area contributed by atoms with Crippen molar-refractivity contribution >= 4 is 18.0 Å². The maximum atomic E-state index is 12.8. The SMILES string of the molecule is O=C(NC[C@@H]1C[C@H](C(=O)N2CC(O)CC2C(=O)O)CO1)OCC1c2ccccc2-c2ccccc21. The van der Waals surface area contributed by atoms with Gasteiger partial charge >= 0.3 is 12.1 Å². The van der Waals surface area contributed by atoms with Gasteiger partial charge in [0.1, 0.15) is 12.6 Å². The number of carbonyl (C=O) groups excluding carboxylic acids is 2. The number of hydrogen-bond acceptors (Lipinski definition) is 6. The van der Waals surface area contributed by atoms with Crippen molar-refractivity contribution in [2.75, 3.05) is 26.3 Å². The summed E-state index contributed by atoms with van der Waals surface area (Å²) < 4.78 is 11.2. The number of carboxylic acid groups (broad SMARTS) is 1. The molecule has 0 bridgehead atoms. The van der Waals surface area contributed by atoms with Gasteiger partial charge in [0, 0.05) is 25.4 Å². The first kappa shape index (κ1) is 23.3. The summed E-state index contributed by atoms with van der Waals surface area (Å²) in [4.78, 5) is 37.8. The third kappa shape index (κ3) is 4.61. The van der Waals surface area contributed by atoms with E-state index in [1.165, 1.54) is 4.90 Å². The maximum absolute atomic E-state index is 12.8. The number of alkyl carbamates (subject to hydrolysis) is 1. The van der Waals surface area contributed by atoms with E-state index in [4.69, 9.17) is 9.47 Å². The van der Waals surface area contributed by atoms with Crippen molar-refractivity contribution in [2.45, 2.75) is 37.0 Å². The molecule has 2 aromatic carbocycles. The van der Waals surface area contributed by atoms with Crippen LogP contribution in [0.1, 0.15) is 29.9 Å². The van der Waals surface area contributed by atoms with Gasteiger partial charge in [-0.15, -0.1) is 0 Å². The molecule has 9 heteroatoms. The average Bonchev–Trinajstić information content (AvgIpc) is 3.57. The predicted octanol–water partition coefficient (Wildman–Crippen LogP) is 1.98. The van der Waals surface area contributed by atoms with Crippen LogP contribution in [0.25, 0.3) is 11.1 Å². The van der Waals surface area contributed by atoms with Gasteiger partial charge in [-0.1, -0.05) is 48.5 Å². The summed E-state index contributed by atoms with van der Waals surface area (Å²) in [6.45, 7) is 0.551. The number of benzene rings is 2. The Morgan fingerprint density at radius 2 is 1.69 bits per heavy atom. The van der Waals surface area contributed by atoms with Crippen molar-refractivity contribution in [3.05, 3.63) is 59.7 Å². The Balaban J connectivity index is 1.11. The molecule has 3 aliphatic rings. The molecule has 3 N–H and O–H groups in total. The molecule has 2 saturated heterocycles. The molecule has 4 atom stereocenters. The van der Waals surface area contributed by atoms with Gasteiger partial charge in [-0.2, -0.15) is 0 Å². The second kappa shape index (κ2) is 9.67. The van der Waals surface area contributed by atoms with E-state index in [0.717, 1.165) is 22.3 Å². The number of aliphatic hydroxyl groups is 1. The molecule has 2 unspecified atom stereocenters. The van der Waals surface area contributed by atoms with Crippen LogP contribution in [0, 0.1) is 5.92 Å². The smallest absolute Gasteiger partial charge is 0.407 e. The molecule has 0 spiro atoms. The van der Waals surface area contributed by atoms with Gasteiger partial charge < -0.3 is 29.9 Å². The lowest BCUT2D eigenvalue weighted by atomic mass is 9.98. The van der Waals surface area contributed by atoms with Gasteiger partial charge in [0.2, 0.25) is 5.91 Å². The van der Waals surface area contributed by atoms with Crippen LogP contribution in [0.5, 0.6) is 0 Å². The van der Waals surface area contributed by atoms with Crippen LogP contribution in [0.4, 0.5) is 4.79 Å². The Morgan fingerprint density at radius 3 is 2.34 bits per heavy atom. The summed E-state index contributed by atoms with van der Waals surface area (Å²) in [7, 11) is 0. The Kier molecular flexibility index (Phi) is 6.44. The quantitative estimate of drug-likeness (QED) is 0.577. The summed E-state index contributed by atoms with van der Waals surface area (Å²) >= 11 is 0. The van der Waals surface area contributed by atoms with E-state index in [0.29, 0.717) is 6.42 Å². The summed E-state index contributed by atoms with van der Waals surface area (Å²) in [6.07, 6.45) is -1.38. The van der Waals surface area contributed by atoms with Gasteiger partial charge in [-0.3, -0.25) is 4.79 Å². The van der Waals surface area contributed by atoms with E-state index in [-0.39, 0.29) is 50.7 Å². The monoisotopic (exact) mass is 480 g/mol. The zero-order valence-corrected chi connectivity index (χ0v) is 19.1. The first-order valence-electron chi connectivity index (χ1n) is 11.8. The van der Waals surface area contributed by atoms with Crippen molar-refractivity contribution in [3.8, 4) is 11.1 Å². The lowest BCUT2D eigenvalue weighted by Crippen LogP contribution is -2.44. The van der Waals surface area contributed by atoms with Crippen LogP contribution in [0.3, 0.4) is 0 Å². The minimum Gasteiger partial charge on any atom is -0.480 e. The number of hydrogen-bond donors (Lipinski definition) is 3. The Morgan fingerprint density at radius 1 is 1.03 bits per heavy atom. The molecule has 2 fully saturated rings. The number of ether oxygens (including phenoxy) is 2. The summed E-state index contributed by atoms with van der Waals surface area (Å²) in [5.41, 5.74) is 4.58. The highest BCUT2D eigenvalue weighted by molar-refractivity contribution is 5.86. The van der Waals surface area contributed by atoms with Crippen LogP contribution in [-0.4, -0.2) is 77.6 Å². The fraction of sp³-hybridized carbons (Fsp3) is 0.423. The van der Waals surface area contributed by atoms with Crippen LogP contribution in [-0.2, 0) is 19.1 Å². The minimum absolute atomic E-state index is 0.00890. The second-order valence-corrected chi connectivity index (χ2v) is 9.33. The second-order valence-electron chi connectivity index (χ2n) is 9.33. The molecule has 5 rings (SSSR count). The lowest BCUT2D eigenvalue weighted by Gasteiger charge is -2.23. The molecule has 0 aromatic heterocycles. The summed E-state index contributed by atoms with van der Waals surface area (Å²) in [5.74, 6) is -1.99. The lowest BCUT2D eigenvalue weighted by molar-refractivity contribution is -0.149. The molecule has 0 radical (unpaired) electrons. The fourth-order valence-electron chi connectivity index (χ4n) is 5.39. The average molecular weight is 481 g/mol. The largest absolute Gasteiger partial charge is 0.480 e. The van der Waals surface area contributed by atoms with Gasteiger partial charge in [-0.05, 0) is 28.7 Å². The third-order valence-electron chi connectivity index (χ3n) is 7.09. The van der Waals surface area contributed by atoms with Crippen LogP contribution in [0.2, 0.25) is 0 Å². The molecule has 2 heterocycles. The van der Waals surface area contributed by atoms with E-state index < -0.39 is 30.1 Å². The molecule has 35 heavy (non-hydrogen) atoms. The number of nitrogens with zero attached hydrogens (tertiary/aromatic N) is 1. The molecular formula is C26H28N2O7. The van der Waals surface area contributed by atoms with Crippen molar-refractivity contribution < 1.29 is 34.1 Å². The molecule has 1 aliphatic carbocycles. The topological polar surface area (TPSA) is 125 Å². The van der Waals surface area contributed by atoms with E-state index >= 15 is 0 Å². The number of likely N-dealkylation sites (tertiary alicyclic amines) is 1. The zero-order valence-electron chi connectivity index (χ0n) is 19.1. The van der Waals surface area contributed by atoms with Crippen LogP contribution < -0.4 is 5.32 Å². The van der Waals surface area contributed by atoms with Crippen molar-refractivity contribution in [1.82, 2.24) is 10.2 Å². The predicted molar refractivity (Wildman–Crippen MR) is 125 cm³/mol. The van der Waals surface area contributed by atoms with Gasteiger partial charge in [0.05, 0.1) is 24.7 Å².